The lowest BCUT2D eigenvalue weighted by Gasteiger charge is -2.10. The molecule has 1 aromatic carbocycles. The van der Waals surface area contributed by atoms with Crippen LogP contribution >= 0.6 is 0 Å². The standard InChI is InChI=1S/C20H20N4O/c1-14-5-6-15(2)24(14)17-9-7-16(8-10-17)20(25)22-21-18-11-13-23-12-3-4-19(18)23/h3-10,12H,11,13H2,1-2H3,(H,22,25)/b21-18-. The third-order valence-electron chi connectivity index (χ3n) is 4.67. The van der Waals surface area contributed by atoms with Crippen LogP contribution in [0.15, 0.2) is 59.8 Å². The second kappa shape index (κ2) is 6.09. The van der Waals surface area contributed by atoms with Gasteiger partial charge in [-0.15, -0.1) is 0 Å². The van der Waals surface area contributed by atoms with Crippen molar-refractivity contribution in [1.29, 1.82) is 0 Å². The lowest BCUT2D eigenvalue weighted by Crippen LogP contribution is -2.19. The Balaban J connectivity index is 1.50. The molecule has 1 amide bonds. The second-order valence-electron chi connectivity index (χ2n) is 6.33. The SMILES string of the molecule is Cc1ccc(C)n1-c1ccc(C(=O)N/N=C2/CCn3cccc32)cc1. The minimum Gasteiger partial charge on any atom is -0.346 e. The monoisotopic (exact) mass is 332 g/mol. The van der Waals surface area contributed by atoms with E-state index < -0.39 is 0 Å². The van der Waals surface area contributed by atoms with Gasteiger partial charge in [-0.3, -0.25) is 4.79 Å². The minimum atomic E-state index is -0.190. The van der Waals surface area contributed by atoms with E-state index in [2.05, 4.69) is 45.6 Å². The number of fused-ring (bicyclic) bond motifs is 1. The topological polar surface area (TPSA) is 51.3 Å². The van der Waals surface area contributed by atoms with Crippen LogP contribution in [-0.4, -0.2) is 20.8 Å². The summed E-state index contributed by atoms with van der Waals surface area (Å²) in [5, 5.41) is 4.30. The molecule has 126 valence electrons. The first-order chi connectivity index (χ1) is 12.1. The molecule has 0 spiro atoms. The summed E-state index contributed by atoms with van der Waals surface area (Å²) >= 11 is 0. The Labute approximate surface area is 146 Å². The quantitative estimate of drug-likeness (QED) is 0.734. The Kier molecular flexibility index (Phi) is 3.76. The molecule has 1 aliphatic rings. The molecule has 4 rings (SSSR count). The van der Waals surface area contributed by atoms with E-state index in [4.69, 9.17) is 0 Å². The number of aromatic nitrogens is 2. The number of nitrogens with zero attached hydrogens (tertiary/aromatic N) is 3. The molecule has 1 N–H and O–H groups in total. The second-order valence-corrected chi connectivity index (χ2v) is 6.33. The van der Waals surface area contributed by atoms with Crippen molar-refractivity contribution in [1.82, 2.24) is 14.6 Å². The van der Waals surface area contributed by atoms with Gasteiger partial charge in [-0.2, -0.15) is 5.10 Å². The summed E-state index contributed by atoms with van der Waals surface area (Å²) in [4.78, 5) is 12.4. The largest absolute Gasteiger partial charge is 0.346 e. The molecule has 0 aliphatic carbocycles. The summed E-state index contributed by atoms with van der Waals surface area (Å²) in [6.45, 7) is 5.06. The van der Waals surface area contributed by atoms with Crippen LogP contribution in [0.1, 0.15) is 33.9 Å². The molecule has 1 aliphatic heterocycles. The van der Waals surface area contributed by atoms with E-state index in [0.717, 1.165) is 30.1 Å². The van der Waals surface area contributed by atoms with Crippen LogP contribution in [0.4, 0.5) is 0 Å². The molecular formula is C20H20N4O. The van der Waals surface area contributed by atoms with Crippen LogP contribution in [0.3, 0.4) is 0 Å². The molecule has 0 saturated heterocycles. The molecule has 0 unspecified atom stereocenters. The summed E-state index contributed by atoms with van der Waals surface area (Å²) < 4.78 is 4.30. The number of aryl methyl sites for hydroxylation is 3. The van der Waals surface area contributed by atoms with Gasteiger partial charge >= 0.3 is 0 Å². The number of amides is 1. The van der Waals surface area contributed by atoms with Crippen molar-refractivity contribution >= 4 is 11.6 Å². The zero-order valence-corrected chi connectivity index (χ0v) is 14.4. The van der Waals surface area contributed by atoms with Crippen LogP contribution in [0.5, 0.6) is 0 Å². The van der Waals surface area contributed by atoms with Crippen molar-refractivity contribution in [3.05, 3.63) is 77.4 Å². The van der Waals surface area contributed by atoms with Gasteiger partial charge in [0, 0.05) is 41.8 Å². The first-order valence-corrected chi connectivity index (χ1v) is 8.41. The normalized spacial score (nSPS) is 14.7. The molecule has 0 atom stereocenters. The van der Waals surface area contributed by atoms with Crippen LogP contribution in [0.25, 0.3) is 5.69 Å². The van der Waals surface area contributed by atoms with Crippen molar-refractivity contribution in [3.8, 4) is 5.69 Å². The third-order valence-corrected chi connectivity index (χ3v) is 4.67. The van der Waals surface area contributed by atoms with E-state index in [0.29, 0.717) is 5.56 Å². The maximum absolute atomic E-state index is 12.4. The molecule has 0 bridgehead atoms. The van der Waals surface area contributed by atoms with Crippen LogP contribution in [0.2, 0.25) is 0 Å². The fraction of sp³-hybridized carbons (Fsp3) is 0.200. The fourth-order valence-electron chi connectivity index (χ4n) is 3.36. The van der Waals surface area contributed by atoms with Crippen molar-refractivity contribution in [2.75, 3.05) is 0 Å². The van der Waals surface area contributed by atoms with Crippen molar-refractivity contribution < 1.29 is 4.79 Å². The summed E-state index contributed by atoms with van der Waals surface area (Å²) in [5.74, 6) is -0.190. The van der Waals surface area contributed by atoms with Crippen LogP contribution in [-0.2, 0) is 6.54 Å². The summed E-state index contributed by atoms with van der Waals surface area (Å²) in [5.41, 5.74) is 8.68. The van der Waals surface area contributed by atoms with E-state index in [1.165, 1.54) is 11.4 Å². The minimum absolute atomic E-state index is 0.190. The van der Waals surface area contributed by atoms with E-state index in [1.807, 2.05) is 42.6 Å². The third kappa shape index (κ3) is 2.78. The van der Waals surface area contributed by atoms with Crippen LogP contribution < -0.4 is 5.43 Å². The van der Waals surface area contributed by atoms with Gasteiger partial charge in [-0.25, -0.2) is 5.43 Å². The number of nitrogens with one attached hydrogen (secondary N) is 1. The molecule has 2 aromatic heterocycles. The molecule has 0 radical (unpaired) electrons. The Morgan fingerprint density at radius 2 is 1.76 bits per heavy atom. The Hall–Kier alpha value is -3.08. The predicted octanol–water partition coefficient (Wildman–Crippen LogP) is 3.43. The summed E-state index contributed by atoms with van der Waals surface area (Å²) in [6.07, 6.45) is 2.88. The molecule has 3 heterocycles. The smallest absolute Gasteiger partial charge is 0.271 e. The maximum atomic E-state index is 12.4. The van der Waals surface area contributed by atoms with Gasteiger partial charge in [-0.05, 0) is 62.4 Å². The zero-order chi connectivity index (χ0) is 17.4. The highest BCUT2D eigenvalue weighted by atomic mass is 16.2. The molecule has 0 saturated carbocycles. The van der Waals surface area contributed by atoms with Gasteiger partial charge in [0.05, 0.1) is 11.4 Å². The fourth-order valence-corrected chi connectivity index (χ4v) is 3.36. The van der Waals surface area contributed by atoms with Crippen molar-refractivity contribution in [2.24, 2.45) is 5.10 Å². The van der Waals surface area contributed by atoms with Gasteiger partial charge in [0.2, 0.25) is 0 Å². The summed E-state index contributed by atoms with van der Waals surface area (Å²) in [7, 11) is 0. The van der Waals surface area contributed by atoms with Gasteiger partial charge < -0.3 is 9.13 Å². The molecular weight excluding hydrogens is 312 g/mol. The first kappa shape index (κ1) is 15.4. The van der Waals surface area contributed by atoms with E-state index >= 15 is 0 Å². The first-order valence-electron chi connectivity index (χ1n) is 8.41. The number of hydrogen-bond donors (Lipinski definition) is 1. The molecule has 3 aromatic rings. The highest BCUT2D eigenvalue weighted by Gasteiger charge is 2.17. The average Bonchev–Trinajstić information content (AvgIpc) is 3.30. The number of hydrazone groups is 1. The number of carbonyl (C=O) groups excluding carboxylic acids is 1. The number of carbonyl (C=O) groups is 1. The van der Waals surface area contributed by atoms with E-state index in [9.17, 15) is 4.79 Å². The Bertz CT molecular complexity index is 941. The lowest BCUT2D eigenvalue weighted by atomic mass is 10.2. The van der Waals surface area contributed by atoms with Gasteiger partial charge in [-0.1, -0.05) is 0 Å². The number of rotatable bonds is 3. The van der Waals surface area contributed by atoms with Crippen molar-refractivity contribution in [3.63, 3.8) is 0 Å². The Morgan fingerprint density at radius 3 is 2.48 bits per heavy atom. The highest BCUT2D eigenvalue weighted by molar-refractivity contribution is 6.02. The van der Waals surface area contributed by atoms with E-state index in [-0.39, 0.29) is 5.91 Å². The number of hydrogen-bond acceptors (Lipinski definition) is 2. The Morgan fingerprint density at radius 1 is 1.04 bits per heavy atom. The van der Waals surface area contributed by atoms with Gasteiger partial charge in [0.1, 0.15) is 0 Å². The maximum Gasteiger partial charge on any atom is 0.271 e. The molecule has 5 nitrogen and oxygen atoms in total. The summed E-state index contributed by atoms with van der Waals surface area (Å²) in [6, 6.07) is 15.8. The molecule has 25 heavy (non-hydrogen) atoms. The van der Waals surface area contributed by atoms with Gasteiger partial charge in [0.25, 0.3) is 5.91 Å². The van der Waals surface area contributed by atoms with E-state index in [1.54, 1.807) is 0 Å². The van der Waals surface area contributed by atoms with Crippen molar-refractivity contribution in [2.45, 2.75) is 26.8 Å². The van der Waals surface area contributed by atoms with Crippen LogP contribution in [0, 0.1) is 13.8 Å². The molecule has 5 heteroatoms. The van der Waals surface area contributed by atoms with Gasteiger partial charge in [0.15, 0.2) is 0 Å². The number of benzene rings is 1. The molecule has 0 fully saturated rings. The zero-order valence-electron chi connectivity index (χ0n) is 14.4. The average molecular weight is 332 g/mol. The highest BCUT2D eigenvalue weighted by Crippen LogP contribution is 2.17. The predicted molar refractivity (Wildman–Crippen MR) is 98.3 cm³/mol. The lowest BCUT2D eigenvalue weighted by molar-refractivity contribution is 0.0955.